The summed E-state index contributed by atoms with van der Waals surface area (Å²) in [4.78, 5) is 31.9. The fraction of sp³-hybridized carbons (Fsp3) is 0.500. The Bertz CT molecular complexity index is 231. The Hall–Kier alpha value is -1.24. The van der Waals surface area contributed by atoms with Crippen LogP contribution in [0.4, 0.5) is 0 Å². The number of nitrogens with two attached hydrogens (primary N) is 1. The molecular weight excluding hydrogens is 196 g/mol. The summed E-state index contributed by atoms with van der Waals surface area (Å²) in [5.41, 5.74) is 4.65. The summed E-state index contributed by atoms with van der Waals surface area (Å²) in [5, 5.41) is 2.05. The monoisotopic (exact) mass is 206 g/mol. The van der Waals surface area contributed by atoms with Crippen molar-refractivity contribution >= 4 is 30.4 Å². The van der Waals surface area contributed by atoms with Crippen LogP contribution in [0, 0.1) is 0 Å². The lowest BCUT2D eigenvalue weighted by molar-refractivity contribution is -0.145. The molecule has 2 amide bonds. The van der Waals surface area contributed by atoms with E-state index in [2.05, 4.69) is 28.4 Å². The molecule has 0 aromatic heterocycles. The molecule has 0 spiro atoms. The van der Waals surface area contributed by atoms with E-state index in [1.807, 2.05) is 0 Å². The second kappa shape index (κ2) is 5.41. The number of carbonyl (C=O) groups is 3. The second-order valence-corrected chi connectivity index (χ2v) is 2.46. The van der Waals surface area contributed by atoms with Gasteiger partial charge in [0.15, 0.2) is 0 Å². The molecule has 13 heavy (non-hydrogen) atoms. The first kappa shape index (κ1) is 11.8. The number of esters is 1. The van der Waals surface area contributed by atoms with E-state index in [9.17, 15) is 14.4 Å². The van der Waals surface area contributed by atoms with Gasteiger partial charge in [-0.05, 0) is 0 Å². The topological polar surface area (TPSA) is 98.5 Å². The van der Waals surface area contributed by atoms with Crippen molar-refractivity contribution in [3.8, 4) is 0 Å². The number of methoxy groups -OCH3 is 1. The molecule has 1 unspecified atom stereocenters. The van der Waals surface area contributed by atoms with Crippen LogP contribution in [-0.4, -0.2) is 36.7 Å². The normalized spacial score (nSPS) is 11.5. The van der Waals surface area contributed by atoms with E-state index >= 15 is 0 Å². The van der Waals surface area contributed by atoms with Crippen molar-refractivity contribution in [3.63, 3.8) is 0 Å². The van der Waals surface area contributed by atoms with Gasteiger partial charge in [0.1, 0.15) is 6.04 Å². The molecule has 0 aliphatic carbocycles. The van der Waals surface area contributed by atoms with Gasteiger partial charge in [0, 0.05) is 5.75 Å². The highest BCUT2D eigenvalue weighted by atomic mass is 32.1. The number of primary amides is 1. The summed E-state index contributed by atoms with van der Waals surface area (Å²) >= 11 is 3.78. The first-order chi connectivity index (χ1) is 6.02. The molecule has 74 valence electrons. The fourth-order valence-electron chi connectivity index (χ4n) is 0.551. The smallest absolute Gasteiger partial charge is 0.329 e. The molecule has 6 nitrogen and oxygen atoms in total. The lowest BCUT2D eigenvalue weighted by Gasteiger charge is -2.11. The standard InChI is InChI=1S/C6H10N2O4S/c1-12-6(11)3(2-13)8-5(10)4(7)9/h3,13H,2H2,1H3,(H2,7,9)(H,8,10). The van der Waals surface area contributed by atoms with Crippen molar-refractivity contribution < 1.29 is 19.1 Å². The molecule has 0 fully saturated rings. The summed E-state index contributed by atoms with van der Waals surface area (Å²) in [5.74, 6) is -2.84. The number of hydrogen-bond donors (Lipinski definition) is 3. The number of amides is 2. The Labute approximate surface area is 80.2 Å². The SMILES string of the molecule is COC(=O)C(CS)NC(=O)C(N)=O. The fourth-order valence-corrected chi connectivity index (χ4v) is 0.791. The Morgan fingerprint density at radius 1 is 1.54 bits per heavy atom. The van der Waals surface area contributed by atoms with E-state index in [4.69, 9.17) is 0 Å². The van der Waals surface area contributed by atoms with E-state index in [-0.39, 0.29) is 5.75 Å². The predicted octanol–water partition coefficient (Wildman–Crippen LogP) is -1.94. The van der Waals surface area contributed by atoms with Crippen molar-refractivity contribution in [1.82, 2.24) is 5.32 Å². The number of carbonyl (C=O) groups excluding carboxylic acids is 3. The van der Waals surface area contributed by atoms with Crippen LogP contribution in [0.5, 0.6) is 0 Å². The summed E-state index contributed by atoms with van der Waals surface area (Å²) < 4.78 is 4.33. The molecule has 0 rings (SSSR count). The number of nitrogens with one attached hydrogen (secondary N) is 1. The number of ether oxygens (including phenoxy) is 1. The van der Waals surface area contributed by atoms with Crippen molar-refractivity contribution in [2.45, 2.75) is 6.04 Å². The van der Waals surface area contributed by atoms with E-state index < -0.39 is 23.8 Å². The van der Waals surface area contributed by atoms with Gasteiger partial charge in [-0.25, -0.2) is 4.79 Å². The lowest BCUT2D eigenvalue weighted by Crippen LogP contribution is -2.47. The van der Waals surface area contributed by atoms with Gasteiger partial charge >= 0.3 is 17.8 Å². The van der Waals surface area contributed by atoms with Crippen LogP contribution in [0.1, 0.15) is 0 Å². The second-order valence-electron chi connectivity index (χ2n) is 2.10. The van der Waals surface area contributed by atoms with Gasteiger partial charge in [-0.15, -0.1) is 0 Å². The number of rotatable bonds is 3. The molecule has 0 heterocycles. The van der Waals surface area contributed by atoms with Crippen LogP contribution in [0.2, 0.25) is 0 Å². The van der Waals surface area contributed by atoms with Crippen LogP contribution < -0.4 is 11.1 Å². The summed E-state index contributed by atoms with van der Waals surface area (Å²) in [6, 6.07) is -0.951. The van der Waals surface area contributed by atoms with E-state index in [1.54, 1.807) is 0 Å². The van der Waals surface area contributed by atoms with Gasteiger partial charge < -0.3 is 15.8 Å². The number of thiol groups is 1. The molecule has 0 aliphatic heterocycles. The Morgan fingerprint density at radius 3 is 2.38 bits per heavy atom. The van der Waals surface area contributed by atoms with Crippen molar-refractivity contribution in [1.29, 1.82) is 0 Å². The third kappa shape index (κ3) is 3.79. The average molecular weight is 206 g/mol. The van der Waals surface area contributed by atoms with Gasteiger partial charge in [-0.1, -0.05) is 0 Å². The van der Waals surface area contributed by atoms with Crippen molar-refractivity contribution in [3.05, 3.63) is 0 Å². The first-order valence-corrected chi connectivity index (χ1v) is 3.95. The Balaban J connectivity index is 4.21. The van der Waals surface area contributed by atoms with Gasteiger partial charge in [0.25, 0.3) is 0 Å². The highest BCUT2D eigenvalue weighted by Gasteiger charge is 2.21. The minimum absolute atomic E-state index is 0.0334. The minimum atomic E-state index is -1.16. The molecule has 0 radical (unpaired) electrons. The quantitative estimate of drug-likeness (QED) is 0.284. The van der Waals surface area contributed by atoms with E-state index in [0.29, 0.717) is 0 Å². The average Bonchev–Trinajstić information content (AvgIpc) is 2.12. The predicted molar refractivity (Wildman–Crippen MR) is 47.0 cm³/mol. The molecule has 0 aromatic rings. The molecule has 0 saturated carbocycles. The molecular formula is C6H10N2O4S. The minimum Gasteiger partial charge on any atom is -0.467 e. The lowest BCUT2D eigenvalue weighted by atomic mass is 10.3. The third-order valence-corrected chi connectivity index (χ3v) is 1.56. The Morgan fingerprint density at radius 2 is 2.08 bits per heavy atom. The summed E-state index contributed by atoms with van der Waals surface area (Å²) in [7, 11) is 1.16. The molecule has 0 aromatic carbocycles. The van der Waals surface area contributed by atoms with E-state index in [0.717, 1.165) is 7.11 Å². The van der Waals surface area contributed by atoms with Crippen LogP contribution in [0.15, 0.2) is 0 Å². The van der Waals surface area contributed by atoms with Crippen LogP contribution in [0.25, 0.3) is 0 Å². The molecule has 0 bridgehead atoms. The highest BCUT2D eigenvalue weighted by Crippen LogP contribution is 1.90. The Kier molecular flexibility index (Phi) is 4.90. The summed E-state index contributed by atoms with van der Waals surface area (Å²) in [6.45, 7) is 0. The zero-order chi connectivity index (χ0) is 10.4. The number of hydrogen-bond acceptors (Lipinski definition) is 5. The molecule has 1 atom stereocenters. The molecule has 3 N–H and O–H groups in total. The zero-order valence-corrected chi connectivity index (χ0v) is 7.84. The largest absolute Gasteiger partial charge is 0.467 e. The highest BCUT2D eigenvalue weighted by molar-refractivity contribution is 7.80. The van der Waals surface area contributed by atoms with Crippen LogP contribution in [-0.2, 0) is 19.1 Å². The van der Waals surface area contributed by atoms with Gasteiger partial charge in [-0.3, -0.25) is 9.59 Å². The van der Waals surface area contributed by atoms with Crippen molar-refractivity contribution in [2.24, 2.45) is 5.73 Å². The summed E-state index contributed by atoms with van der Waals surface area (Å²) in [6.07, 6.45) is 0. The van der Waals surface area contributed by atoms with E-state index in [1.165, 1.54) is 0 Å². The van der Waals surface area contributed by atoms with Gasteiger partial charge in [-0.2, -0.15) is 12.6 Å². The molecule has 7 heteroatoms. The van der Waals surface area contributed by atoms with Crippen molar-refractivity contribution in [2.75, 3.05) is 12.9 Å². The third-order valence-electron chi connectivity index (χ3n) is 1.20. The van der Waals surface area contributed by atoms with Gasteiger partial charge in [0.2, 0.25) is 0 Å². The van der Waals surface area contributed by atoms with Crippen LogP contribution >= 0.6 is 12.6 Å². The maximum absolute atomic E-state index is 10.9. The van der Waals surface area contributed by atoms with Gasteiger partial charge in [0.05, 0.1) is 7.11 Å². The first-order valence-electron chi connectivity index (χ1n) is 3.32. The molecule has 0 saturated heterocycles. The molecule has 0 aliphatic rings. The van der Waals surface area contributed by atoms with Crippen LogP contribution in [0.3, 0.4) is 0 Å². The zero-order valence-electron chi connectivity index (χ0n) is 6.94. The maximum atomic E-state index is 10.9. The maximum Gasteiger partial charge on any atom is 0.329 e.